The molecule has 0 radical (unpaired) electrons. The van der Waals surface area contributed by atoms with Gasteiger partial charge in [-0.2, -0.15) is 0 Å². The fourth-order valence-electron chi connectivity index (χ4n) is 5.57. The number of aliphatic carboxylic acids is 1. The number of hydrogen-bond donors (Lipinski definition) is 2. The normalized spacial score (nSPS) is 49.3. The highest BCUT2D eigenvalue weighted by Crippen LogP contribution is 2.67. The van der Waals surface area contributed by atoms with Crippen molar-refractivity contribution in [3.05, 3.63) is 0 Å². The highest BCUT2D eigenvalue weighted by molar-refractivity contribution is 5.74. The fourth-order valence-corrected chi connectivity index (χ4v) is 5.57. The molecule has 4 saturated carbocycles. The van der Waals surface area contributed by atoms with Crippen LogP contribution in [0.15, 0.2) is 0 Å². The van der Waals surface area contributed by atoms with E-state index in [2.05, 4.69) is 6.92 Å². The minimum Gasteiger partial charge on any atom is -0.480 e. The summed E-state index contributed by atoms with van der Waals surface area (Å²) in [5.74, 6) is 0.710. The molecule has 0 saturated heterocycles. The molecule has 0 aromatic rings. The second-order valence-corrected chi connectivity index (χ2v) is 6.99. The average molecular weight is 237 g/mol. The first-order chi connectivity index (χ1) is 7.99. The van der Waals surface area contributed by atoms with Crippen molar-refractivity contribution in [1.82, 2.24) is 0 Å². The van der Waals surface area contributed by atoms with Crippen LogP contribution in [0, 0.1) is 22.7 Å². The van der Waals surface area contributed by atoms with Gasteiger partial charge in [0.1, 0.15) is 6.04 Å². The zero-order chi connectivity index (χ0) is 12.3. The Bertz CT molecular complexity index is 338. The summed E-state index contributed by atoms with van der Waals surface area (Å²) in [7, 11) is 0. The number of carboxylic acid groups (broad SMARTS) is 1. The summed E-state index contributed by atoms with van der Waals surface area (Å²) in [6, 6.07) is -0.640. The lowest BCUT2D eigenvalue weighted by atomic mass is 9.42. The van der Waals surface area contributed by atoms with Crippen LogP contribution in [-0.2, 0) is 4.79 Å². The van der Waals surface area contributed by atoms with Crippen LogP contribution in [0.3, 0.4) is 0 Å². The van der Waals surface area contributed by atoms with E-state index in [0.717, 1.165) is 31.1 Å². The lowest BCUT2D eigenvalue weighted by molar-refractivity contribution is -0.157. The Morgan fingerprint density at radius 3 is 2.41 bits per heavy atom. The third-order valence-corrected chi connectivity index (χ3v) is 5.90. The van der Waals surface area contributed by atoms with Gasteiger partial charge < -0.3 is 10.8 Å². The Hall–Kier alpha value is -0.570. The topological polar surface area (TPSA) is 63.3 Å². The number of carbonyl (C=O) groups is 1. The van der Waals surface area contributed by atoms with Crippen LogP contribution in [0.2, 0.25) is 0 Å². The molecule has 4 rings (SSSR count). The van der Waals surface area contributed by atoms with Crippen molar-refractivity contribution in [3.8, 4) is 0 Å². The molecule has 3 nitrogen and oxygen atoms in total. The van der Waals surface area contributed by atoms with E-state index in [1.54, 1.807) is 0 Å². The molecule has 0 heterocycles. The number of nitrogens with two attached hydrogens (primary N) is 1. The lowest BCUT2D eigenvalue weighted by Crippen LogP contribution is -2.60. The molecule has 0 spiro atoms. The molecule has 0 aromatic heterocycles. The summed E-state index contributed by atoms with van der Waals surface area (Å²) in [5.41, 5.74) is 6.38. The van der Waals surface area contributed by atoms with Gasteiger partial charge >= 0.3 is 5.97 Å². The molecule has 3 N–H and O–H groups in total. The van der Waals surface area contributed by atoms with E-state index >= 15 is 0 Å². The van der Waals surface area contributed by atoms with Crippen molar-refractivity contribution in [1.29, 1.82) is 0 Å². The first-order valence-corrected chi connectivity index (χ1v) is 6.97. The van der Waals surface area contributed by atoms with Crippen molar-refractivity contribution in [2.24, 2.45) is 28.4 Å². The Morgan fingerprint density at radius 1 is 1.35 bits per heavy atom. The molecule has 3 atom stereocenters. The maximum absolute atomic E-state index is 11.3. The van der Waals surface area contributed by atoms with Crippen LogP contribution in [0.4, 0.5) is 0 Å². The van der Waals surface area contributed by atoms with Gasteiger partial charge in [-0.25, -0.2) is 0 Å². The van der Waals surface area contributed by atoms with Gasteiger partial charge in [-0.15, -0.1) is 0 Å². The second-order valence-electron chi connectivity index (χ2n) is 6.99. The summed E-state index contributed by atoms with van der Waals surface area (Å²) in [5, 5.41) is 9.27. The van der Waals surface area contributed by atoms with Crippen molar-refractivity contribution in [2.45, 2.75) is 57.9 Å². The predicted molar refractivity (Wildman–Crippen MR) is 65.5 cm³/mol. The fraction of sp³-hybridized carbons (Fsp3) is 0.929. The SMILES string of the molecule is CCC12CC3CC(C1)CC(C(N)C(=O)O)(C3)C2. The van der Waals surface area contributed by atoms with E-state index in [-0.39, 0.29) is 5.41 Å². The van der Waals surface area contributed by atoms with Gasteiger partial charge in [-0.1, -0.05) is 13.3 Å². The molecule has 3 heteroatoms. The van der Waals surface area contributed by atoms with Crippen molar-refractivity contribution in [3.63, 3.8) is 0 Å². The van der Waals surface area contributed by atoms with Crippen LogP contribution in [0.25, 0.3) is 0 Å². The monoisotopic (exact) mass is 237 g/mol. The van der Waals surface area contributed by atoms with Crippen LogP contribution in [-0.4, -0.2) is 17.1 Å². The molecule has 0 amide bonds. The van der Waals surface area contributed by atoms with Crippen LogP contribution >= 0.6 is 0 Å². The maximum Gasteiger partial charge on any atom is 0.321 e. The van der Waals surface area contributed by atoms with Gasteiger partial charge in [0.15, 0.2) is 0 Å². The van der Waals surface area contributed by atoms with Gasteiger partial charge in [0.25, 0.3) is 0 Å². The van der Waals surface area contributed by atoms with Crippen molar-refractivity contribution >= 4 is 5.97 Å². The first kappa shape index (κ1) is 11.5. The van der Waals surface area contributed by atoms with Crippen molar-refractivity contribution in [2.75, 3.05) is 0 Å². The summed E-state index contributed by atoms with van der Waals surface area (Å²) in [6.07, 6.45) is 8.39. The molecule has 4 fully saturated rings. The Labute approximate surface area is 103 Å². The van der Waals surface area contributed by atoms with Gasteiger partial charge in [0, 0.05) is 0 Å². The van der Waals surface area contributed by atoms with Gasteiger partial charge in [0.2, 0.25) is 0 Å². The molecular formula is C14H23NO2. The standard InChI is InChI=1S/C14H23NO2/c1-2-13-4-9-3-10(5-13)7-14(6-9,8-13)11(15)12(16)17/h9-11H,2-8,15H2,1H3,(H,16,17). The highest BCUT2D eigenvalue weighted by atomic mass is 16.4. The lowest BCUT2D eigenvalue weighted by Gasteiger charge is -2.63. The number of hydrogen-bond acceptors (Lipinski definition) is 2. The van der Waals surface area contributed by atoms with E-state index in [1.807, 2.05) is 0 Å². The molecule has 3 unspecified atom stereocenters. The van der Waals surface area contributed by atoms with E-state index in [1.165, 1.54) is 25.7 Å². The third-order valence-electron chi connectivity index (χ3n) is 5.90. The van der Waals surface area contributed by atoms with E-state index < -0.39 is 12.0 Å². The quantitative estimate of drug-likeness (QED) is 0.792. The minimum absolute atomic E-state index is 0.0775. The van der Waals surface area contributed by atoms with Gasteiger partial charge in [-0.3, -0.25) is 4.79 Å². The molecule has 0 aliphatic heterocycles. The first-order valence-electron chi connectivity index (χ1n) is 6.97. The largest absolute Gasteiger partial charge is 0.480 e. The molecule has 4 bridgehead atoms. The molecule has 96 valence electrons. The van der Waals surface area contributed by atoms with Crippen LogP contribution in [0.5, 0.6) is 0 Å². The number of rotatable bonds is 3. The summed E-state index contributed by atoms with van der Waals surface area (Å²) in [6.45, 7) is 2.27. The predicted octanol–water partition coefficient (Wildman–Crippen LogP) is 2.39. The second kappa shape index (κ2) is 3.47. The highest BCUT2D eigenvalue weighted by Gasteiger charge is 2.59. The van der Waals surface area contributed by atoms with E-state index in [9.17, 15) is 9.90 Å². The third kappa shape index (κ3) is 1.55. The molecule has 4 aliphatic rings. The van der Waals surface area contributed by atoms with Gasteiger partial charge in [-0.05, 0) is 61.2 Å². The molecule has 4 aliphatic carbocycles. The summed E-state index contributed by atoms with van der Waals surface area (Å²) < 4.78 is 0. The Kier molecular flexibility index (Phi) is 2.35. The smallest absolute Gasteiger partial charge is 0.321 e. The summed E-state index contributed by atoms with van der Waals surface area (Å²) in [4.78, 5) is 11.3. The maximum atomic E-state index is 11.3. The van der Waals surface area contributed by atoms with Gasteiger partial charge in [0.05, 0.1) is 0 Å². The van der Waals surface area contributed by atoms with Crippen molar-refractivity contribution < 1.29 is 9.90 Å². The van der Waals surface area contributed by atoms with Crippen LogP contribution in [0.1, 0.15) is 51.9 Å². The minimum atomic E-state index is -0.793. The van der Waals surface area contributed by atoms with Crippen LogP contribution < -0.4 is 5.73 Å². The molecule has 17 heavy (non-hydrogen) atoms. The van der Waals surface area contributed by atoms with E-state index in [4.69, 9.17) is 5.73 Å². The summed E-state index contributed by atoms with van der Waals surface area (Å²) >= 11 is 0. The molecule has 0 aromatic carbocycles. The van der Waals surface area contributed by atoms with E-state index in [0.29, 0.717) is 5.41 Å². The zero-order valence-corrected chi connectivity index (χ0v) is 10.6. The Balaban J connectivity index is 1.94. The zero-order valence-electron chi connectivity index (χ0n) is 10.6. The average Bonchev–Trinajstić information content (AvgIpc) is 2.26. The Morgan fingerprint density at radius 2 is 1.94 bits per heavy atom. The number of carboxylic acids is 1. The molecular weight excluding hydrogens is 214 g/mol.